The number of fused-ring (bicyclic) bond motifs is 3. The standard InChI is InChI=1S/C52H35NS/c1-3-7-44-33-46(19-17-36(44)5-1)42-13-9-38(10-14-42)40-21-25-49(26-22-40)53(51-29-30-52-48(35-51)31-32-54-52)50-27-23-41(24-28-50)39-11-15-43(16-12-39)47-20-18-37-6-2-4-8-45(37)34-47/h1-35H. The fourth-order valence-corrected chi connectivity index (χ4v) is 8.37. The van der Waals surface area contributed by atoms with E-state index in [1.807, 2.05) is 0 Å². The van der Waals surface area contributed by atoms with Crippen LogP contribution in [0, 0.1) is 0 Å². The average molecular weight is 706 g/mol. The van der Waals surface area contributed by atoms with Crippen LogP contribution in [0.15, 0.2) is 212 Å². The molecule has 0 atom stereocenters. The Kier molecular flexibility index (Phi) is 8.09. The summed E-state index contributed by atoms with van der Waals surface area (Å²) in [7, 11) is 0. The molecule has 10 rings (SSSR count). The van der Waals surface area contributed by atoms with Crippen LogP contribution in [0.5, 0.6) is 0 Å². The molecule has 0 aliphatic rings. The summed E-state index contributed by atoms with van der Waals surface area (Å²) >= 11 is 1.78. The second kappa shape index (κ2) is 13.7. The van der Waals surface area contributed by atoms with Gasteiger partial charge < -0.3 is 4.90 Å². The van der Waals surface area contributed by atoms with Crippen LogP contribution in [-0.2, 0) is 0 Å². The molecule has 2 heteroatoms. The van der Waals surface area contributed by atoms with Gasteiger partial charge in [-0.05, 0) is 137 Å². The predicted molar refractivity (Wildman–Crippen MR) is 233 cm³/mol. The van der Waals surface area contributed by atoms with Gasteiger partial charge in [-0.15, -0.1) is 11.3 Å². The molecular weight excluding hydrogens is 671 g/mol. The van der Waals surface area contributed by atoms with Crippen molar-refractivity contribution < 1.29 is 0 Å². The maximum Gasteiger partial charge on any atom is 0.0468 e. The summed E-state index contributed by atoms with van der Waals surface area (Å²) in [5.41, 5.74) is 13.1. The fourth-order valence-electron chi connectivity index (χ4n) is 7.59. The first-order valence-electron chi connectivity index (χ1n) is 18.4. The second-order valence-electron chi connectivity index (χ2n) is 13.9. The van der Waals surface area contributed by atoms with Crippen molar-refractivity contribution in [3.8, 4) is 44.5 Å². The SMILES string of the molecule is c1ccc2cc(-c3ccc(-c4ccc(N(c5ccc(-c6ccc(-c7ccc8ccccc8c7)cc6)cc5)c5ccc6sccc6c5)cc4)cc3)ccc2c1. The third-order valence-corrected chi connectivity index (χ3v) is 11.4. The number of nitrogens with zero attached hydrogens (tertiary/aromatic N) is 1. The molecule has 0 N–H and O–H groups in total. The fraction of sp³-hybridized carbons (Fsp3) is 0. The van der Waals surface area contributed by atoms with E-state index in [1.54, 1.807) is 11.3 Å². The Morgan fingerprint density at radius 3 is 1.09 bits per heavy atom. The Bertz CT molecular complexity index is 2740. The minimum absolute atomic E-state index is 1.12. The van der Waals surface area contributed by atoms with Crippen molar-refractivity contribution in [1.29, 1.82) is 0 Å². The zero-order chi connectivity index (χ0) is 35.8. The molecule has 254 valence electrons. The van der Waals surface area contributed by atoms with Crippen LogP contribution >= 0.6 is 11.3 Å². The van der Waals surface area contributed by atoms with Gasteiger partial charge in [0.15, 0.2) is 0 Å². The lowest BCUT2D eigenvalue weighted by molar-refractivity contribution is 1.29. The Morgan fingerprint density at radius 2 is 0.630 bits per heavy atom. The summed E-state index contributed by atoms with van der Waals surface area (Å²) in [4.78, 5) is 2.36. The van der Waals surface area contributed by atoms with Crippen LogP contribution < -0.4 is 4.90 Å². The highest BCUT2D eigenvalue weighted by Crippen LogP contribution is 2.39. The number of hydrogen-bond acceptors (Lipinski definition) is 2. The number of benzene rings is 9. The zero-order valence-corrected chi connectivity index (χ0v) is 30.4. The Labute approximate surface area is 319 Å². The number of hydrogen-bond donors (Lipinski definition) is 0. The molecule has 0 saturated carbocycles. The molecule has 54 heavy (non-hydrogen) atoms. The summed E-state index contributed by atoms with van der Waals surface area (Å²) < 4.78 is 1.30. The van der Waals surface area contributed by atoms with E-state index in [4.69, 9.17) is 0 Å². The normalized spacial score (nSPS) is 11.3. The van der Waals surface area contributed by atoms with Crippen LogP contribution in [0.4, 0.5) is 17.1 Å². The highest BCUT2D eigenvalue weighted by Gasteiger charge is 2.15. The Hall–Kier alpha value is -6.74. The molecule has 0 saturated heterocycles. The lowest BCUT2D eigenvalue weighted by Crippen LogP contribution is -2.09. The van der Waals surface area contributed by atoms with Crippen molar-refractivity contribution in [2.75, 3.05) is 4.90 Å². The van der Waals surface area contributed by atoms with Crippen molar-refractivity contribution in [1.82, 2.24) is 0 Å². The first kappa shape index (κ1) is 32.0. The first-order valence-corrected chi connectivity index (χ1v) is 19.3. The highest BCUT2D eigenvalue weighted by atomic mass is 32.1. The minimum atomic E-state index is 1.12. The molecule has 10 aromatic rings. The van der Waals surface area contributed by atoms with Gasteiger partial charge in [0.25, 0.3) is 0 Å². The number of anilines is 3. The van der Waals surface area contributed by atoms with Gasteiger partial charge in [-0.2, -0.15) is 0 Å². The van der Waals surface area contributed by atoms with Crippen LogP contribution in [0.1, 0.15) is 0 Å². The van der Waals surface area contributed by atoms with Crippen molar-refractivity contribution >= 4 is 60.0 Å². The molecule has 0 aliphatic carbocycles. The molecule has 0 unspecified atom stereocenters. The minimum Gasteiger partial charge on any atom is -0.310 e. The van der Waals surface area contributed by atoms with E-state index in [9.17, 15) is 0 Å². The Morgan fingerprint density at radius 1 is 0.259 bits per heavy atom. The number of rotatable bonds is 7. The molecule has 1 aromatic heterocycles. The molecule has 0 aliphatic heterocycles. The van der Waals surface area contributed by atoms with E-state index in [0.717, 1.165) is 17.1 Å². The monoisotopic (exact) mass is 705 g/mol. The molecule has 0 bridgehead atoms. The lowest BCUT2D eigenvalue weighted by atomic mass is 9.98. The van der Waals surface area contributed by atoms with Gasteiger partial charge >= 0.3 is 0 Å². The molecular formula is C52H35NS. The molecule has 0 radical (unpaired) electrons. The summed E-state index contributed by atoms with van der Waals surface area (Å²) in [6.45, 7) is 0. The summed E-state index contributed by atoms with van der Waals surface area (Å²) in [5, 5.41) is 8.48. The Balaban J connectivity index is 0.935. The van der Waals surface area contributed by atoms with Crippen LogP contribution in [0.25, 0.3) is 76.1 Å². The average Bonchev–Trinajstić information content (AvgIpc) is 3.72. The quantitative estimate of drug-likeness (QED) is 0.160. The first-order chi connectivity index (χ1) is 26.7. The van der Waals surface area contributed by atoms with Crippen LogP contribution in [-0.4, -0.2) is 0 Å². The van der Waals surface area contributed by atoms with Gasteiger partial charge in [0.2, 0.25) is 0 Å². The van der Waals surface area contributed by atoms with Crippen molar-refractivity contribution in [3.63, 3.8) is 0 Å². The topological polar surface area (TPSA) is 3.24 Å². The van der Waals surface area contributed by atoms with E-state index >= 15 is 0 Å². The van der Waals surface area contributed by atoms with E-state index in [0.29, 0.717) is 0 Å². The predicted octanol–water partition coefficient (Wildman–Crippen LogP) is 15.3. The maximum absolute atomic E-state index is 2.36. The molecule has 0 fully saturated rings. The van der Waals surface area contributed by atoms with Gasteiger partial charge in [0.05, 0.1) is 0 Å². The zero-order valence-electron chi connectivity index (χ0n) is 29.6. The van der Waals surface area contributed by atoms with Gasteiger partial charge in [-0.25, -0.2) is 0 Å². The second-order valence-corrected chi connectivity index (χ2v) is 14.8. The van der Waals surface area contributed by atoms with E-state index < -0.39 is 0 Å². The third-order valence-electron chi connectivity index (χ3n) is 10.5. The smallest absolute Gasteiger partial charge is 0.0468 e. The van der Waals surface area contributed by atoms with Crippen molar-refractivity contribution in [2.45, 2.75) is 0 Å². The molecule has 1 heterocycles. The molecule has 0 spiro atoms. The van der Waals surface area contributed by atoms with E-state index in [-0.39, 0.29) is 0 Å². The van der Waals surface area contributed by atoms with Crippen LogP contribution in [0.3, 0.4) is 0 Å². The van der Waals surface area contributed by atoms with Gasteiger partial charge in [-0.3, -0.25) is 0 Å². The largest absolute Gasteiger partial charge is 0.310 e. The van der Waals surface area contributed by atoms with Gasteiger partial charge in [-0.1, -0.05) is 146 Å². The van der Waals surface area contributed by atoms with E-state index in [1.165, 1.54) is 76.1 Å². The summed E-state index contributed by atoms with van der Waals surface area (Å²) in [6, 6.07) is 75.2. The highest BCUT2D eigenvalue weighted by molar-refractivity contribution is 7.17. The third kappa shape index (κ3) is 6.13. The summed E-state index contributed by atoms with van der Waals surface area (Å²) in [5.74, 6) is 0. The van der Waals surface area contributed by atoms with Crippen molar-refractivity contribution in [3.05, 3.63) is 212 Å². The van der Waals surface area contributed by atoms with Gasteiger partial charge in [0.1, 0.15) is 0 Å². The lowest BCUT2D eigenvalue weighted by Gasteiger charge is -2.26. The molecule has 0 amide bonds. The molecule has 9 aromatic carbocycles. The van der Waals surface area contributed by atoms with Crippen molar-refractivity contribution in [2.24, 2.45) is 0 Å². The number of thiophene rings is 1. The summed E-state index contributed by atoms with van der Waals surface area (Å²) in [6.07, 6.45) is 0. The molecule has 1 nitrogen and oxygen atoms in total. The van der Waals surface area contributed by atoms with E-state index in [2.05, 4.69) is 217 Å². The van der Waals surface area contributed by atoms with Crippen LogP contribution in [0.2, 0.25) is 0 Å². The van der Waals surface area contributed by atoms with Gasteiger partial charge in [0, 0.05) is 21.8 Å². The maximum atomic E-state index is 2.36.